The van der Waals surface area contributed by atoms with Crippen molar-refractivity contribution in [3.8, 4) is 0 Å². The van der Waals surface area contributed by atoms with Gasteiger partial charge in [-0.3, -0.25) is 14.3 Å². The number of nitrogens with zero attached hydrogens (tertiary/aromatic N) is 3. The highest BCUT2D eigenvalue weighted by atomic mass is 32.2. The van der Waals surface area contributed by atoms with E-state index in [1.54, 1.807) is 24.2 Å². The molecule has 3 aromatic rings. The lowest BCUT2D eigenvalue weighted by Gasteiger charge is -2.21. The fourth-order valence-electron chi connectivity index (χ4n) is 3.11. The Balaban J connectivity index is 1.71. The molecule has 0 bridgehead atoms. The molecule has 1 aliphatic rings. The number of hydrogen-bond donors (Lipinski definition) is 1. The van der Waals surface area contributed by atoms with Gasteiger partial charge in [0.1, 0.15) is 5.69 Å². The van der Waals surface area contributed by atoms with Crippen molar-refractivity contribution < 1.29 is 9.59 Å². The van der Waals surface area contributed by atoms with Crippen molar-refractivity contribution in [3.05, 3.63) is 66.0 Å². The Labute approximate surface area is 161 Å². The predicted molar refractivity (Wildman–Crippen MR) is 106 cm³/mol. The number of benzene rings is 2. The zero-order valence-electron chi connectivity index (χ0n) is 15.0. The largest absolute Gasteiger partial charge is 0.321 e. The van der Waals surface area contributed by atoms with Crippen LogP contribution in [0.1, 0.15) is 27.8 Å². The predicted octanol–water partition coefficient (Wildman–Crippen LogP) is 3.80. The molecule has 0 atom stereocenters. The molecule has 2 heterocycles. The van der Waals surface area contributed by atoms with E-state index in [2.05, 4.69) is 10.4 Å². The van der Waals surface area contributed by atoms with Gasteiger partial charge in [0.15, 0.2) is 0 Å². The molecule has 7 heteroatoms. The average Bonchev–Trinajstić information content (AvgIpc) is 3.05. The van der Waals surface area contributed by atoms with Crippen molar-refractivity contribution in [2.45, 2.75) is 16.7 Å². The standard InChI is InChI=1S/C20H18N4O2S/c1-3-24-15-9-8-13(22-19(25)16-10-11-21-23(16)2)12-18(15)27-17-7-5-4-6-14(17)20(24)26/h4-12H,3H2,1-2H3,(H,22,25). The van der Waals surface area contributed by atoms with Crippen molar-refractivity contribution in [1.29, 1.82) is 0 Å². The second-order valence-electron chi connectivity index (χ2n) is 6.12. The van der Waals surface area contributed by atoms with Gasteiger partial charge in [-0.15, -0.1) is 0 Å². The molecule has 6 nitrogen and oxygen atoms in total. The van der Waals surface area contributed by atoms with Crippen molar-refractivity contribution in [2.24, 2.45) is 7.05 Å². The Kier molecular flexibility index (Phi) is 4.45. The maximum Gasteiger partial charge on any atom is 0.273 e. The Hall–Kier alpha value is -3.06. The molecule has 1 aromatic heterocycles. The van der Waals surface area contributed by atoms with Gasteiger partial charge in [-0.05, 0) is 43.3 Å². The highest BCUT2D eigenvalue weighted by molar-refractivity contribution is 7.99. The number of fused-ring (bicyclic) bond motifs is 2. The van der Waals surface area contributed by atoms with Crippen LogP contribution in [0.15, 0.2) is 64.5 Å². The first-order chi connectivity index (χ1) is 13.1. The number of aromatic nitrogens is 2. The molecule has 1 aliphatic heterocycles. The van der Waals surface area contributed by atoms with Gasteiger partial charge in [-0.2, -0.15) is 5.10 Å². The number of nitrogens with one attached hydrogen (secondary N) is 1. The lowest BCUT2D eigenvalue weighted by molar-refractivity contribution is 0.0983. The maximum atomic E-state index is 12.9. The third-order valence-corrected chi connectivity index (χ3v) is 5.58. The topological polar surface area (TPSA) is 67.2 Å². The second kappa shape index (κ2) is 6.92. The highest BCUT2D eigenvalue weighted by Gasteiger charge is 2.26. The van der Waals surface area contributed by atoms with Crippen LogP contribution in [-0.4, -0.2) is 28.1 Å². The molecule has 0 spiro atoms. The van der Waals surface area contributed by atoms with Crippen molar-refractivity contribution in [2.75, 3.05) is 16.8 Å². The monoisotopic (exact) mass is 378 g/mol. The number of hydrogen-bond acceptors (Lipinski definition) is 4. The molecule has 0 saturated heterocycles. The quantitative estimate of drug-likeness (QED) is 0.753. The van der Waals surface area contributed by atoms with E-state index in [0.29, 0.717) is 23.5 Å². The van der Waals surface area contributed by atoms with E-state index >= 15 is 0 Å². The minimum atomic E-state index is -0.225. The van der Waals surface area contributed by atoms with Gasteiger partial charge in [0.05, 0.1) is 11.3 Å². The summed E-state index contributed by atoms with van der Waals surface area (Å²) in [6.45, 7) is 2.53. The minimum Gasteiger partial charge on any atom is -0.321 e. The van der Waals surface area contributed by atoms with Crippen LogP contribution in [0.3, 0.4) is 0 Å². The van der Waals surface area contributed by atoms with Crippen LogP contribution >= 0.6 is 11.8 Å². The van der Waals surface area contributed by atoms with Gasteiger partial charge in [0.25, 0.3) is 11.8 Å². The Morgan fingerprint density at radius 3 is 2.70 bits per heavy atom. The number of amides is 2. The Morgan fingerprint density at radius 2 is 1.96 bits per heavy atom. The molecule has 0 aliphatic carbocycles. The lowest BCUT2D eigenvalue weighted by atomic mass is 10.1. The summed E-state index contributed by atoms with van der Waals surface area (Å²) in [5, 5.41) is 6.93. The van der Waals surface area contributed by atoms with Gasteiger partial charge in [0, 0.05) is 35.3 Å². The lowest BCUT2D eigenvalue weighted by Crippen LogP contribution is -2.30. The van der Waals surface area contributed by atoms with E-state index in [-0.39, 0.29) is 11.8 Å². The summed E-state index contributed by atoms with van der Waals surface area (Å²) < 4.78 is 1.53. The van der Waals surface area contributed by atoms with Gasteiger partial charge in [0.2, 0.25) is 0 Å². The zero-order valence-corrected chi connectivity index (χ0v) is 15.8. The molecule has 2 amide bonds. The average molecular weight is 378 g/mol. The highest BCUT2D eigenvalue weighted by Crippen LogP contribution is 2.42. The smallest absolute Gasteiger partial charge is 0.273 e. The van der Waals surface area contributed by atoms with Crippen molar-refractivity contribution >= 4 is 35.0 Å². The van der Waals surface area contributed by atoms with Crippen molar-refractivity contribution in [1.82, 2.24) is 9.78 Å². The molecule has 0 saturated carbocycles. The van der Waals surface area contributed by atoms with Gasteiger partial charge < -0.3 is 10.2 Å². The minimum absolute atomic E-state index is 0.00831. The number of rotatable bonds is 3. The van der Waals surface area contributed by atoms with E-state index in [1.165, 1.54) is 16.4 Å². The van der Waals surface area contributed by atoms with Crippen LogP contribution in [0, 0.1) is 0 Å². The summed E-state index contributed by atoms with van der Waals surface area (Å²) in [5.41, 5.74) is 2.70. The Bertz CT molecular complexity index is 1040. The maximum absolute atomic E-state index is 12.9. The fraction of sp³-hybridized carbons (Fsp3) is 0.150. The van der Waals surface area contributed by atoms with E-state index < -0.39 is 0 Å². The van der Waals surface area contributed by atoms with Crippen LogP contribution in [0.2, 0.25) is 0 Å². The summed E-state index contributed by atoms with van der Waals surface area (Å²) in [7, 11) is 1.73. The van der Waals surface area contributed by atoms with E-state index in [9.17, 15) is 9.59 Å². The van der Waals surface area contributed by atoms with E-state index in [1.807, 2.05) is 49.4 Å². The Morgan fingerprint density at radius 1 is 1.15 bits per heavy atom. The summed E-state index contributed by atoms with van der Waals surface area (Å²) in [6.07, 6.45) is 1.59. The molecule has 1 N–H and O–H groups in total. The molecular weight excluding hydrogens is 360 g/mol. The van der Waals surface area contributed by atoms with Crippen LogP contribution in [-0.2, 0) is 7.05 Å². The first-order valence-electron chi connectivity index (χ1n) is 8.60. The van der Waals surface area contributed by atoms with Gasteiger partial charge >= 0.3 is 0 Å². The number of anilines is 2. The SMILES string of the molecule is CCN1C(=O)c2ccccc2Sc2cc(NC(=O)c3ccnn3C)ccc21. The summed E-state index contributed by atoms with van der Waals surface area (Å²) in [5.74, 6) is -0.233. The number of carbonyl (C=O) groups excluding carboxylic acids is 2. The number of aryl methyl sites for hydroxylation is 1. The van der Waals surface area contributed by atoms with Crippen LogP contribution < -0.4 is 10.2 Å². The van der Waals surface area contributed by atoms with Gasteiger partial charge in [-0.1, -0.05) is 23.9 Å². The van der Waals surface area contributed by atoms with E-state index in [4.69, 9.17) is 0 Å². The molecule has 4 rings (SSSR count). The fourth-order valence-corrected chi connectivity index (χ4v) is 4.23. The van der Waals surface area contributed by atoms with Crippen LogP contribution in [0.25, 0.3) is 0 Å². The van der Waals surface area contributed by atoms with Crippen LogP contribution in [0.5, 0.6) is 0 Å². The zero-order chi connectivity index (χ0) is 19.0. The first-order valence-corrected chi connectivity index (χ1v) is 9.42. The molecule has 2 aromatic carbocycles. The molecule has 0 unspecified atom stereocenters. The number of carbonyl (C=O) groups is 2. The first kappa shape index (κ1) is 17.4. The van der Waals surface area contributed by atoms with Gasteiger partial charge in [-0.25, -0.2) is 0 Å². The summed E-state index contributed by atoms with van der Waals surface area (Å²) >= 11 is 1.54. The van der Waals surface area contributed by atoms with Crippen molar-refractivity contribution in [3.63, 3.8) is 0 Å². The van der Waals surface area contributed by atoms with Crippen LogP contribution in [0.4, 0.5) is 11.4 Å². The molecule has 0 radical (unpaired) electrons. The second-order valence-corrected chi connectivity index (χ2v) is 7.21. The normalized spacial score (nSPS) is 13.0. The molecule has 136 valence electrons. The summed E-state index contributed by atoms with van der Waals surface area (Å²) in [4.78, 5) is 29.0. The summed E-state index contributed by atoms with van der Waals surface area (Å²) in [6, 6.07) is 14.9. The van der Waals surface area contributed by atoms with E-state index in [0.717, 1.165) is 15.5 Å². The molecular formula is C20H18N4O2S. The third-order valence-electron chi connectivity index (χ3n) is 4.46. The molecule has 0 fully saturated rings. The third kappa shape index (κ3) is 3.10. The molecule has 27 heavy (non-hydrogen) atoms.